The normalized spacial score (nSPS) is 14.9. The van der Waals surface area contributed by atoms with Gasteiger partial charge in [0, 0.05) is 29.8 Å². The molecule has 9 heteroatoms. The second kappa shape index (κ2) is 9.85. The Bertz CT molecular complexity index is 1230. The van der Waals surface area contributed by atoms with Crippen LogP contribution in [-0.4, -0.2) is 51.4 Å². The first kappa shape index (κ1) is 25.0. The summed E-state index contributed by atoms with van der Waals surface area (Å²) >= 11 is 6.36. The summed E-state index contributed by atoms with van der Waals surface area (Å²) in [5.74, 6) is -0.0755. The first-order chi connectivity index (χ1) is 16.6. The number of hydrogen-bond donors (Lipinski definition) is 0. The molecule has 1 fully saturated rings. The lowest BCUT2D eigenvalue weighted by Gasteiger charge is -2.34. The van der Waals surface area contributed by atoms with Gasteiger partial charge in [-0.15, -0.1) is 0 Å². The molecule has 0 spiro atoms. The van der Waals surface area contributed by atoms with Gasteiger partial charge in [0.1, 0.15) is 17.0 Å². The molecule has 4 rings (SSSR count). The molecule has 1 amide bonds. The van der Waals surface area contributed by atoms with Crippen molar-refractivity contribution in [2.75, 3.05) is 19.7 Å². The fourth-order valence-electron chi connectivity index (χ4n) is 4.47. The van der Waals surface area contributed by atoms with E-state index >= 15 is 0 Å². The van der Waals surface area contributed by atoms with E-state index in [0.717, 1.165) is 5.69 Å². The molecule has 186 valence electrons. The van der Waals surface area contributed by atoms with Crippen molar-refractivity contribution in [1.29, 1.82) is 0 Å². The lowest BCUT2D eigenvalue weighted by molar-refractivity contribution is 0.0517. The first-order valence-electron chi connectivity index (χ1n) is 11.9. The summed E-state index contributed by atoms with van der Waals surface area (Å²) in [5.41, 5.74) is 2.66. The van der Waals surface area contributed by atoms with Crippen LogP contribution >= 0.6 is 11.6 Å². The minimum absolute atomic E-state index is 0.0723. The van der Waals surface area contributed by atoms with Crippen LogP contribution in [0.15, 0.2) is 34.9 Å². The van der Waals surface area contributed by atoms with Gasteiger partial charge in [-0.05, 0) is 38.8 Å². The second-order valence-corrected chi connectivity index (χ2v) is 10.2. The summed E-state index contributed by atoms with van der Waals surface area (Å²) in [5, 5.41) is 9.26. The molecular formula is C26H31ClN4O4. The molecule has 2 aromatic heterocycles. The molecule has 8 nitrogen and oxygen atoms in total. The van der Waals surface area contributed by atoms with Crippen molar-refractivity contribution in [3.8, 4) is 11.3 Å². The third kappa shape index (κ3) is 4.98. The Morgan fingerprint density at radius 3 is 2.51 bits per heavy atom. The van der Waals surface area contributed by atoms with E-state index in [1.54, 1.807) is 19.9 Å². The number of amides is 1. The molecule has 0 atom stereocenters. The number of piperidine rings is 1. The summed E-state index contributed by atoms with van der Waals surface area (Å²) in [6.45, 7) is 11.2. The molecule has 1 aromatic carbocycles. The Balaban J connectivity index is 1.55. The van der Waals surface area contributed by atoms with Crippen LogP contribution in [0.5, 0.6) is 0 Å². The van der Waals surface area contributed by atoms with E-state index < -0.39 is 5.97 Å². The van der Waals surface area contributed by atoms with Gasteiger partial charge in [-0.2, -0.15) is 5.10 Å². The minimum atomic E-state index is -0.417. The number of carbonyl (C=O) groups excluding carboxylic acids is 2. The van der Waals surface area contributed by atoms with E-state index in [2.05, 4.69) is 31.0 Å². The molecule has 3 heterocycles. The predicted octanol–water partition coefficient (Wildman–Crippen LogP) is 5.45. The molecule has 0 saturated carbocycles. The Morgan fingerprint density at radius 1 is 1.20 bits per heavy atom. The highest BCUT2D eigenvalue weighted by atomic mass is 35.5. The van der Waals surface area contributed by atoms with E-state index in [0.29, 0.717) is 65.8 Å². The zero-order chi connectivity index (χ0) is 25.3. The number of aromatic nitrogens is 3. The van der Waals surface area contributed by atoms with Gasteiger partial charge in [-0.1, -0.05) is 55.7 Å². The Hall–Kier alpha value is -3.13. The number of halogens is 1. The summed E-state index contributed by atoms with van der Waals surface area (Å²) in [6, 6.07) is 9.18. The largest absolute Gasteiger partial charge is 0.461 e. The van der Waals surface area contributed by atoms with Gasteiger partial charge in [-0.3, -0.25) is 9.48 Å². The molecule has 0 aliphatic carbocycles. The monoisotopic (exact) mass is 498 g/mol. The maximum atomic E-state index is 13.5. The number of hydrogen-bond acceptors (Lipinski definition) is 6. The van der Waals surface area contributed by atoms with Gasteiger partial charge in [-0.25, -0.2) is 4.79 Å². The number of ether oxygens (including phenoxy) is 1. The van der Waals surface area contributed by atoms with E-state index in [1.807, 2.05) is 33.8 Å². The fraction of sp³-hybridized carbons (Fsp3) is 0.462. The van der Waals surface area contributed by atoms with Crippen LogP contribution in [0.3, 0.4) is 0 Å². The molecule has 1 aliphatic heterocycles. The van der Waals surface area contributed by atoms with Crippen LogP contribution in [0.4, 0.5) is 0 Å². The van der Waals surface area contributed by atoms with Crippen LogP contribution in [0.2, 0.25) is 5.02 Å². The maximum absolute atomic E-state index is 13.5. The van der Waals surface area contributed by atoms with Gasteiger partial charge in [0.05, 0.1) is 17.7 Å². The molecular weight excluding hydrogens is 468 g/mol. The number of esters is 1. The quantitative estimate of drug-likeness (QED) is 0.434. The van der Waals surface area contributed by atoms with Gasteiger partial charge < -0.3 is 14.2 Å². The molecule has 3 aromatic rings. The number of nitrogens with zero attached hydrogens (tertiary/aromatic N) is 4. The van der Waals surface area contributed by atoms with Gasteiger partial charge >= 0.3 is 5.97 Å². The highest BCUT2D eigenvalue weighted by molar-refractivity contribution is 6.33. The average molecular weight is 499 g/mol. The molecule has 0 bridgehead atoms. The van der Waals surface area contributed by atoms with Crippen molar-refractivity contribution in [1.82, 2.24) is 19.8 Å². The number of rotatable bonds is 5. The Kier molecular flexibility index (Phi) is 7.03. The van der Waals surface area contributed by atoms with E-state index in [1.165, 1.54) is 0 Å². The van der Waals surface area contributed by atoms with E-state index in [9.17, 15) is 9.59 Å². The number of carbonyl (C=O) groups is 2. The summed E-state index contributed by atoms with van der Waals surface area (Å²) in [7, 11) is 0. The van der Waals surface area contributed by atoms with E-state index in [4.69, 9.17) is 20.9 Å². The number of likely N-dealkylation sites (tertiary alicyclic amines) is 1. The predicted molar refractivity (Wildman–Crippen MR) is 133 cm³/mol. The van der Waals surface area contributed by atoms with Crippen LogP contribution in [0.1, 0.15) is 78.9 Å². The SMILES string of the molecule is CCOC(=O)c1cc(C(C)(C)C)n(C2CCN(C(=O)c3c(-c4ccccc4Cl)noc3C)CC2)n1. The van der Waals surface area contributed by atoms with Gasteiger partial charge in [0.2, 0.25) is 0 Å². The lowest BCUT2D eigenvalue weighted by Crippen LogP contribution is -2.40. The fourth-order valence-corrected chi connectivity index (χ4v) is 4.70. The third-order valence-corrected chi connectivity index (χ3v) is 6.62. The zero-order valence-corrected chi connectivity index (χ0v) is 21.6. The zero-order valence-electron chi connectivity index (χ0n) is 20.8. The Morgan fingerprint density at radius 2 is 1.89 bits per heavy atom. The molecule has 0 radical (unpaired) electrons. The molecule has 35 heavy (non-hydrogen) atoms. The van der Waals surface area contributed by atoms with Crippen molar-refractivity contribution in [2.45, 2.75) is 58.9 Å². The Labute approximate surface area is 210 Å². The third-order valence-electron chi connectivity index (χ3n) is 6.29. The van der Waals surface area contributed by atoms with Crippen LogP contribution < -0.4 is 0 Å². The maximum Gasteiger partial charge on any atom is 0.358 e. The molecule has 0 unspecified atom stereocenters. The highest BCUT2D eigenvalue weighted by Gasteiger charge is 2.33. The standard InChI is InChI=1S/C26H31ClN4O4/c1-6-34-25(33)20-15-21(26(3,4)5)31(28-20)17-11-13-30(14-12-17)24(32)22-16(2)35-29-23(22)18-9-7-8-10-19(18)27/h7-10,15,17H,6,11-14H2,1-5H3. The van der Waals surface area contributed by atoms with Crippen molar-refractivity contribution in [3.05, 3.63) is 58.1 Å². The van der Waals surface area contributed by atoms with Crippen LogP contribution in [0, 0.1) is 6.92 Å². The lowest BCUT2D eigenvalue weighted by atomic mass is 9.91. The minimum Gasteiger partial charge on any atom is -0.461 e. The summed E-state index contributed by atoms with van der Waals surface area (Å²) in [6.07, 6.45) is 1.43. The van der Waals surface area contributed by atoms with Gasteiger partial charge in [0.15, 0.2) is 5.69 Å². The first-order valence-corrected chi connectivity index (χ1v) is 12.3. The van der Waals surface area contributed by atoms with Gasteiger partial charge in [0.25, 0.3) is 5.91 Å². The molecule has 1 aliphatic rings. The second-order valence-electron chi connectivity index (χ2n) is 9.80. The van der Waals surface area contributed by atoms with Crippen LogP contribution in [0.25, 0.3) is 11.3 Å². The van der Waals surface area contributed by atoms with Crippen molar-refractivity contribution in [2.24, 2.45) is 0 Å². The average Bonchev–Trinajstić information content (AvgIpc) is 3.44. The smallest absolute Gasteiger partial charge is 0.358 e. The highest BCUT2D eigenvalue weighted by Crippen LogP contribution is 2.34. The topological polar surface area (TPSA) is 90.5 Å². The number of aryl methyl sites for hydroxylation is 1. The summed E-state index contributed by atoms with van der Waals surface area (Å²) < 4.78 is 12.5. The van der Waals surface area contributed by atoms with Crippen LogP contribution in [-0.2, 0) is 10.2 Å². The van der Waals surface area contributed by atoms with Crippen molar-refractivity contribution < 1.29 is 18.8 Å². The molecule has 0 N–H and O–H groups in total. The van der Waals surface area contributed by atoms with Crippen molar-refractivity contribution in [3.63, 3.8) is 0 Å². The molecule has 1 saturated heterocycles. The number of benzene rings is 1. The van der Waals surface area contributed by atoms with E-state index in [-0.39, 0.29) is 17.4 Å². The summed E-state index contributed by atoms with van der Waals surface area (Å²) in [4.78, 5) is 27.7. The van der Waals surface area contributed by atoms with Crippen molar-refractivity contribution >= 4 is 23.5 Å².